The maximum absolute atomic E-state index is 6.04. The van der Waals surface area contributed by atoms with E-state index in [1.807, 2.05) is 24.3 Å². The first kappa shape index (κ1) is 11.9. The molecule has 0 N–H and O–H groups in total. The lowest BCUT2D eigenvalue weighted by molar-refractivity contribution is 0.598. The molecule has 0 atom stereocenters. The van der Waals surface area contributed by atoms with Crippen LogP contribution in [0.5, 0.6) is 0 Å². The van der Waals surface area contributed by atoms with Crippen LogP contribution in [-0.4, -0.2) is 4.98 Å². The number of benzene rings is 2. The quantitative estimate of drug-likeness (QED) is 0.503. The van der Waals surface area contributed by atoms with Crippen LogP contribution in [0.1, 0.15) is 0 Å². The van der Waals surface area contributed by atoms with Crippen LogP contribution in [0.15, 0.2) is 83.5 Å². The molecule has 0 aliphatic rings. The van der Waals surface area contributed by atoms with Crippen molar-refractivity contribution in [2.45, 2.75) is 0 Å². The molecule has 0 radical (unpaired) electrons. The fraction of sp³-hybridized carbons (Fsp3) is 0. The Bertz CT molecular complexity index is 888. The van der Waals surface area contributed by atoms with Gasteiger partial charge in [0.2, 0.25) is 0 Å². The average molecular weight is 271 g/mol. The first-order chi connectivity index (χ1) is 10.4. The number of pyridine rings is 1. The molecule has 4 rings (SSSR count). The molecule has 21 heavy (non-hydrogen) atoms. The Hall–Kier alpha value is -2.87. The maximum atomic E-state index is 6.04. The van der Waals surface area contributed by atoms with Crippen LogP contribution in [0.2, 0.25) is 0 Å². The highest BCUT2D eigenvalue weighted by atomic mass is 16.3. The Balaban J connectivity index is 1.85. The van der Waals surface area contributed by atoms with Gasteiger partial charge in [-0.3, -0.25) is 4.98 Å². The van der Waals surface area contributed by atoms with Crippen LogP contribution >= 0.6 is 0 Å². The van der Waals surface area contributed by atoms with Crippen molar-refractivity contribution in [3.05, 3.63) is 79.1 Å². The number of hydrogen-bond donors (Lipinski definition) is 0. The van der Waals surface area contributed by atoms with E-state index < -0.39 is 0 Å². The molecule has 0 bridgehead atoms. The van der Waals surface area contributed by atoms with E-state index >= 15 is 0 Å². The van der Waals surface area contributed by atoms with Crippen molar-refractivity contribution in [2.24, 2.45) is 0 Å². The fourth-order valence-electron chi connectivity index (χ4n) is 2.59. The number of rotatable bonds is 2. The lowest BCUT2D eigenvalue weighted by Gasteiger charge is -2.03. The van der Waals surface area contributed by atoms with Crippen molar-refractivity contribution in [2.75, 3.05) is 0 Å². The van der Waals surface area contributed by atoms with E-state index in [4.69, 9.17) is 4.42 Å². The normalized spacial score (nSPS) is 10.9. The van der Waals surface area contributed by atoms with Gasteiger partial charge >= 0.3 is 0 Å². The summed E-state index contributed by atoms with van der Waals surface area (Å²) < 4.78 is 6.04. The average Bonchev–Trinajstić information content (AvgIpc) is 3.05. The molecule has 0 aliphatic heterocycles. The van der Waals surface area contributed by atoms with E-state index in [1.54, 1.807) is 12.4 Å². The third-order valence-electron chi connectivity index (χ3n) is 3.63. The molecule has 0 fully saturated rings. The molecule has 0 saturated heterocycles. The largest absolute Gasteiger partial charge is 0.456 e. The molecular formula is C19H13NO. The van der Waals surface area contributed by atoms with Crippen molar-refractivity contribution in [3.8, 4) is 22.6 Å². The molecule has 0 amide bonds. The molecular weight excluding hydrogens is 258 g/mol. The molecule has 100 valence electrons. The van der Waals surface area contributed by atoms with Gasteiger partial charge in [0.15, 0.2) is 0 Å². The lowest BCUT2D eigenvalue weighted by Crippen LogP contribution is -1.78. The zero-order valence-corrected chi connectivity index (χ0v) is 11.4. The van der Waals surface area contributed by atoms with E-state index in [2.05, 4.69) is 47.4 Å². The summed E-state index contributed by atoms with van der Waals surface area (Å²) in [4.78, 5) is 4.04. The fourth-order valence-corrected chi connectivity index (χ4v) is 2.59. The molecule has 2 heteroatoms. The molecule has 2 nitrogen and oxygen atoms in total. The van der Waals surface area contributed by atoms with Crippen molar-refractivity contribution in [1.29, 1.82) is 0 Å². The van der Waals surface area contributed by atoms with Gasteiger partial charge in [-0.15, -0.1) is 0 Å². The van der Waals surface area contributed by atoms with Crippen molar-refractivity contribution in [3.63, 3.8) is 0 Å². The van der Waals surface area contributed by atoms with E-state index in [-0.39, 0.29) is 0 Å². The Morgan fingerprint density at radius 1 is 0.667 bits per heavy atom. The second kappa shape index (κ2) is 4.91. The van der Waals surface area contributed by atoms with Gasteiger partial charge in [-0.05, 0) is 35.0 Å². The van der Waals surface area contributed by atoms with Crippen molar-refractivity contribution < 1.29 is 4.42 Å². The smallest absolute Gasteiger partial charge is 0.135 e. The predicted molar refractivity (Wildman–Crippen MR) is 84.9 cm³/mol. The van der Waals surface area contributed by atoms with Gasteiger partial charge in [0, 0.05) is 23.5 Å². The minimum Gasteiger partial charge on any atom is -0.456 e. The molecule has 4 aromatic rings. The predicted octanol–water partition coefficient (Wildman–Crippen LogP) is 5.16. The topological polar surface area (TPSA) is 26.0 Å². The Morgan fingerprint density at radius 2 is 1.43 bits per heavy atom. The molecule has 0 spiro atoms. The van der Waals surface area contributed by atoms with Crippen LogP contribution in [0, 0.1) is 0 Å². The van der Waals surface area contributed by atoms with Gasteiger partial charge in [-0.2, -0.15) is 0 Å². The van der Waals surface area contributed by atoms with Crippen molar-refractivity contribution in [1.82, 2.24) is 4.98 Å². The molecule has 0 unspecified atom stereocenters. The van der Waals surface area contributed by atoms with E-state index in [9.17, 15) is 0 Å². The third-order valence-corrected chi connectivity index (χ3v) is 3.63. The maximum Gasteiger partial charge on any atom is 0.135 e. The summed E-state index contributed by atoms with van der Waals surface area (Å²) in [5.41, 5.74) is 2.16. The molecule has 2 heterocycles. The molecule has 2 aromatic heterocycles. The third kappa shape index (κ3) is 2.11. The SMILES string of the molecule is c1ccc2c(-c3ccc(-c4ccncc4)o3)cccc2c1. The van der Waals surface area contributed by atoms with Crippen LogP contribution in [0.25, 0.3) is 33.4 Å². The summed E-state index contributed by atoms with van der Waals surface area (Å²) in [6.07, 6.45) is 3.55. The van der Waals surface area contributed by atoms with E-state index in [0.717, 1.165) is 22.6 Å². The Morgan fingerprint density at radius 3 is 2.33 bits per heavy atom. The molecule has 0 aliphatic carbocycles. The summed E-state index contributed by atoms with van der Waals surface area (Å²) in [6, 6.07) is 22.6. The zero-order valence-electron chi connectivity index (χ0n) is 11.4. The minimum absolute atomic E-state index is 0.861. The van der Waals surface area contributed by atoms with Crippen LogP contribution in [-0.2, 0) is 0 Å². The number of nitrogens with zero attached hydrogens (tertiary/aromatic N) is 1. The van der Waals surface area contributed by atoms with Gasteiger partial charge < -0.3 is 4.42 Å². The van der Waals surface area contributed by atoms with E-state index in [0.29, 0.717) is 0 Å². The second-order valence-electron chi connectivity index (χ2n) is 4.93. The number of fused-ring (bicyclic) bond motifs is 1. The van der Waals surface area contributed by atoms with Crippen LogP contribution in [0.4, 0.5) is 0 Å². The summed E-state index contributed by atoms with van der Waals surface area (Å²) in [7, 11) is 0. The van der Waals surface area contributed by atoms with Gasteiger partial charge in [-0.1, -0.05) is 42.5 Å². The highest BCUT2D eigenvalue weighted by Crippen LogP contribution is 2.32. The first-order valence-electron chi connectivity index (χ1n) is 6.90. The van der Waals surface area contributed by atoms with Gasteiger partial charge in [0.25, 0.3) is 0 Å². The summed E-state index contributed by atoms with van der Waals surface area (Å²) >= 11 is 0. The highest BCUT2D eigenvalue weighted by molar-refractivity contribution is 5.95. The summed E-state index contributed by atoms with van der Waals surface area (Å²) in [5, 5.41) is 2.42. The van der Waals surface area contributed by atoms with Crippen LogP contribution in [0.3, 0.4) is 0 Å². The second-order valence-corrected chi connectivity index (χ2v) is 4.93. The van der Waals surface area contributed by atoms with Crippen molar-refractivity contribution >= 4 is 10.8 Å². The molecule has 2 aromatic carbocycles. The standard InChI is InChI=1S/C19H13NO/c1-2-6-16-14(4-1)5-3-7-17(16)19-9-8-18(21-19)15-10-12-20-13-11-15/h1-13H. The van der Waals surface area contributed by atoms with Gasteiger partial charge in [0.1, 0.15) is 11.5 Å². The lowest BCUT2D eigenvalue weighted by atomic mass is 10.0. The Kier molecular flexibility index (Phi) is 2.79. The van der Waals surface area contributed by atoms with E-state index in [1.165, 1.54) is 10.8 Å². The highest BCUT2D eigenvalue weighted by Gasteiger charge is 2.09. The monoisotopic (exact) mass is 271 g/mol. The molecule has 0 saturated carbocycles. The minimum atomic E-state index is 0.861. The zero-order chi connectivity index (χ0) is 14.1. The number of hydrogen-bond acceptors (Lipinski definition) is 2. The number of furan rings is 1. The number of aromatic nitrogens is 1. The van der Waals surface area contributed by atoms with Gasteiger partial charge in [0.05, 0.1) is 0 Å². The van der Waals surface area contributed by atoms with Gasteiger partial charge in [-0.25, -0.2) is 0 Å². The Labute approximate surface area is 122 Å². The van der Waals surface area contributed by atoms with Crippen LogP contribution < -0.4 is 0 Å². The summed E-state index contributed by atoms with van der Waals surface area (Å²) in [6.45, 7) is 0. The summed E-state index contributed by atoms with van der Waals surface area (Å²) in [5.74, 6) is 1.75. The first-order valence-corrected chi connectivity index (χ1v) is 6.90.